The number of benzene rings is 1. The van der Waals surface area contributed by atoms with E-state index in [9.17, 15) is 9.90 Å². The molecule has 2 heterocycles. The minimum atomic E-state index is -0.216. The number of para-hydroxylation sites is 1. The number of anilines is 1. The van der Waals surface area contributed by atoms with E-state index in [0.29, 0.717) is 11.4 Å². The standard InChI is InChI=1S/C13H11N5O2/c19-11(16-9-4-2-1-3-5-9)6-10-7-12(20)18-13(17-10)14-8-15-18/h1-5,7-8,20H,6H2,(H,16,19). The van der Waals surface area contributed by atoms with Gasteiger partial charge >= 0.3 is 0 Å². The second kappa shape index (κ2) is 4.96. The monoisotopic (exact) mass is 269 g/mol. The Morgan fingerprint density at radius 1 is 1.30 bits per heavy atom. The smallest absolute Gasteiger partial charge is 0.255 e. The predicted octanol–water partition coefficient (Wildman–Crippen LogP) is 1.01. The third kappa shape index (κ3) is 2.41. The summed E-state index contributed by atoms with van der Waals surface area (Å²) in [5, 5.41) is 16.3. The van der Waals surface area contributed by atoms with Gasteiger partial charge in [-0.15, -0.1) is 0 Å². The van der Waals surface area contributed by atoms with Crippen LogP contribution in [-0.4, -0.2) is 30.6 Å². The Morgan fingerprint density at radius 3 is 2.90 bits per heavy atom. The van der Waals surface area contributed by atoms with Crippen LogP contribution in [0.1, 0.15) is 5.69 Å². The summed E-state index contributed by atoms with van der Waals surface area (Å²) < 4.78 is 1.19. The fourth-order valence-electron chi connectivity index (χ4n) is 1.83. The van der Waals surface area contributed by atoms with Crippen LogP contribution in [0.25, 0.3) is 5.78 Å². The molecular weight excluding hydrogens is 258 g/mol. The normalized spacial score (nSPS) is 10.6. The molecule has 0 radical (unpaired) electrons. The molecule has 0 fully saturated rings. The molecule has 7 nitrogen and oxygen atoms in total. The van der Waals surface area contributed by atoms with E-state index in [1.54, 1.807) is 12.1 Å². The average molecular weight is 269 g/mol. The summed E-state index contributed by atoms with van der Waals surface area (Å²) >= 11 is 0. The fraction of sp³-hybridized carbons (Fsp3) is 0.0769. The van der Waals surface area contributed by atoms with E-state index in [0.717, 1.165) is 0 Å². The van der Waals surface area contributed by atoms with E-state index in [1.165, 1.54) is 16.9 Å². The van der Waals surface area contributed by atoms with Crippen molar-refractivity contribution in [2.75, 3.05) is 5.32 Å². The topological polar surface area (TPSA) is 92.4 Å². The molecule has 0 bridgehead atoms. The zero-order chi connectivity index (χ0) is 13.9. The van der Waals surface area contributed by atoms with Crippen LogP contribution in [0.4, 0.5) is 5.69 Å². The van der Waals surface area contributed by atoms with Crippen molar-refractivity contribution in [2.45, 2.75) is 6.42 Å². The molecule has 0 spiro atoms. The number of hydrogen-bond acceptors (Lipinski definition) is 5. The lowest BCUT2D eigenvalue weighted by molar-refractivity contribution is -0.115. The number of carbonyl (C=O) groups is 1. The first-order valence-electron chi connectivity index (χ1n) is 5.96. The Kier molecular flexibility index (Phi) is 3.00. The quantitative estimate of drug-likeness (QED) is 0.740. The molecule has 3 aromatic rings. The van der Waals surface area contributed by atoms with Crippen molar-refractivity contribution < 1.29 is 9.90 Å². The summed E-state index contributed by atoms with van der Waals surface area (Å²) in [6, 6.07) is 10.5. The maximum absolute atomic E-state index is 11.9. The Bertz CT molecular complexity index is 754. The summed E-state index contributed by atoms with van der Waals surface area (Å²) in [5.41, 5.74) is 1.14. The van der Waals surface area contributed by atoms with E-state index in [2.05, 4.69) is 20.4 Å². The van der Waals surface area contributed by atoms with Crippen LogP contribution in [0.3, 0.4) is 0 Å². The predicted molar refractivity (Wildman–Crippen MR) is 71.2 cm³/mol. The number of amides is 1. The van der Waals surface area contributed by atoms with Crippen molar-refractivity contribution in [1.82, 2.24) is 19.6 Å². The molecule has 1 aromatic carbocycles. The Labute approximate surface area is 113 Å². The molecule has 7 heteroatoms. The zero-order valence-corrected chi connectivity index (χ0v) is 10.4. The number of nitrogens with one attached hydrogen (secondary N) is 1. The lowest BCUT2D eigenvalue weighted by atomic mass is 10.2. The highest BCUT2D eigenvalue weighted by Gasteiger charge is 2.10. The lowest BCUT2D eigenvalue weighted by Crippen LogP contribution is -2.15. The van der Waals surface area contributed by atoms with Crippen LogP contribution in [0.2, 0.25) is 0 Å². The number of nitrogens with zero attached hydrogens (tertiary/aromatic N) is 4. The van der Waals surface area contributed by atoms with Gasteiger partial charge in [-0.1, -0.05) is 18.2 Å². The van der Waals surface area contributed by atoms with E-state index in [4.69, 9.17) is 0 Å². The Balaban J connectivity index is 1.77. The van der Waals surface area contributed by atoms with E-state index < -0.39 is 0 Å². The van der Waals surface area contributed by atoms with Gasteiger partial charge in [-0.05, 0) is 12.1 Å². The van der Waals surface area contributed by atoms with Gasteiger partial charge in [-0.3, -0.25) is 4.79 Å². The molecule has 2 aromatic heterocycles. The van der Waals surface area contributed by atoms with Crippen LogP contribution in [-0.2, 0) is 11.2 Å². The fourth-order valence-corrected chi connectivity index (χ4v) is 1.83. The molecule has 3 rings (SSSR count). The van der Waals surface area contributed by atoms with Gasteiger partial charge in [-0.25, -0.2) is 4.98 Å². The first-order chi connectivity index (χ1) is 9.72. The third-order valence-corrected chi connectivity index (χ3v) is 2.69. The van der Waals surface area contributed by atoms with E-state index in [1.807, 2.05) is 18.2 Å². The number of aromatic nitrogens is 4. The van der Waals surface area contributed by atoms with Crippen molar-refractivity contribution in [3.05, 3.63) is 48.4 Å². The zero-order valence-electron chi connectivity index (χ0n) is 10.4. The van der Waals surface area contributed by atoms with Gasteiger partial charge in [0.05, 0.1) is 12.1 Å². The van der Waals surface area contributed by atoms with Crippen LogP contribution in [0.5, 0.6) is 5.88 Å². The first-order valence-corrected chi connectivity index (χ1v) is 5.96. The number of aromatic hydroxyl groups is 1. The maximum Gasteiger partial charge on any atom is 0.255 e. The summed E-state index contributed by atoms with van der Waals surface area (Å²) in [7, 11) is 0. The van der Waals surface area contributed by atoms with Gasteiger partial charge in [0.2, 0.25) is 11.8 Å². The highest BCUT2D eigenvalue weighted by molar-refractivity contribution is 5.92. The SMILES string of the molecule is O=C(Cc1cc(O)n2ncnc2n1)Nc1ccccc1. The number of hydrogen-bond donors (Lipinski definition) is 2. The van der Waals surface area contributed by atoms with Crippen molar-refractivity contribution >= 4 is 17.4 Å². The van der Waals surface area contributed by atoms with Gasteiger partial charge in [0.1, 0.15) is 6.33 Å². The van der Waals surface area contributed by atoms with Crippen molar-refractivity contribution in [1.29, 1.82) is 0 Å². The Morgan fingerprint density at radius 2 is 2.10 bits per heavy atom. The van der Waals surface area contributed by atoms with E-state index >= 15 is 0 Å². The third-order valence-electron chi connectivity index (χ3n) is 2.69. The molecular formula is C13H11N5O2. The first kappa shape index (κ1) is 12.1. The van der Waals surface area contributed by atoms with Gasteiger partial charge in [0.15, 0.2) is 0 Å². The van der Waals surface area contributed by atoms with E-state index in [-0.39, 0.29) is 24.0 Å². The molecule has 0 saturated carbocycles. The second-order valence-corrected chi connectivity index (χ2v) is 4.17. The number of carbonyl (C=O) groups excluding carboxylic acids is 1. The molecule has 0 saturated heterocycles. The van der Waals surface area contributed by atoms with Crippen LogP contribution >= 0.6 is 0 Å². The minimum Gasteiger partial charge on any atom is -0.493 e. The molecule has 0 atom stereocenters. The Hall–Kier alpha value is -2.96. The summed E-state index contributed by atoms with van der Waals surface area (Å²) in [5.74, 6) is -0.0607. The number of rotatable bonds is 3. The highest BCUT2D eigenvalue weighted by atomic mass is 16.3. The van der Waals surface area contributed by atoms with Crippen molar-refractivity contribution in [3.63, 3.8) is 0 Å². The minimum absolute atomic E-state index is 0.0474. The number of fused-ring (bicyclic) bond motifs is 1. The lowest BCUT2D eigenvalue weighted by Gasteiger charge is -2.05. The van der Waals surface area contributed by atoms with Crippen molar-refractivity contribution in [2.24, 2.45) is 0 Å². The summed E-state index contributed by atoms with van der Waals surface area (Å²) in [6.45, 7) is 0. The molecule has 20 heavy (non-hydrogen) atoms. The van der Waals surface area contributed by atoms with Gasteiger partial charge < -0.3 is 10.4 Å². The highest BCUT2D eigenvalue weighted by Crippen LogP contribution is 2.12. The van der Waals surface area contributed by atoms with Gasteiger partial charge in [0, 0.05) is 11.8 Å². The van der Waals surface area contributed by atoms with Crippen LogP contribution in [0, 0.1) is 0 Å². The molecule has 0 unspecified atom stereocenters. The van der Waals surface area contributed by atoms with Gasteiger partial charge in [-0.2, -0.15) is 14.6 Å². The molecule has 100 valence electrons. The van der Waals surface area contributed by atoms with Gasteiger partial charge in [0.25, 0.3) is 5.78 Å². The van der Waals surface area contributed by atoms with Crippen LogP contribution < -0.4 is 5.32 Å². The molecule has 2 N–H and O–H groups in total. The van der Waals surface area contributed by atoms with Crippen molar-refractivity contribution in [3.8, 4) is 5.88 Å². The van der Waals surface area contributed by atoms with Crippen LogP contribution in [0.15, 0.2) is 42.7 Å². The molecule has 0 aliphatic heterocycles. The maximum atomic E-state index is 11.9. The molecule has 0 aliphatic rings. The largest absolute Gasteiger partial charge is 0.493 e. The second-order valence-electron chi connectivity index (χ2n) is 4.17. The summed E-state index contributed by atoms with van der Waals surface area (Å²) in [6.07, 6.45) is 1.34. The average Bonchev–Trinajstić information content (AvgIpc) is 2.88. The molecule has 1 amide bonds. The summed E-state index contributed by atoms with van der Waals surface area (Å²) in [4.78, 5) is 19.9. The molecule has 0 aliphatic carbocycles.